The summed E-state index contributed by atoms with van der Waals surface area (Å²) in [5.41, 5.74) is 0. The molecule has 1 N–H and O–H groups in total. The van der Waals surface area contributed by atoms with Crippen molar-refractivity contribution >= 4 is 11.8 Å². The molecule has 1 aromatic heterocycles. The highest BCUT2D eigenvalue weighted by Crippen LogP contribution is 2.12. The number of aromatic nitrogens is 3. The van der Waals surface area contributed by atoms with Gasteiger partial charge in [-0.2, -0.15) is 10.1 Å². The summed E-state index contributed by atoms with van der Waals surface area (Å²) in [4.78, 5) is 6.57. The van der Waals surface area contributed by atoms with Gasteiger partial charge in [0.05, 0.1) is 19.4 Å². The molecule has 94 valence electrons. The van der Waals surface area contributed by atoms with Crippen LogP contribution in [0.25, 0.3) is 0 Å². The molecule has 0 saturated carbocycles. The van der Waals surface area contributed by atoms with Gasteiger partial charge in [0.2, 0.25) is 5.95 Å². The lowest BCUT2D eigenvalue weighted by molar-refractivity contribution is 0.122. The van der Waals surface area contributed by atoms with Crippen molar-refractivity contribution in [3.8, 4) is 0 Å². The maximum Gasteiger partial charge on any atom is 0.247 e. The van der Waals surface area contributed by atoms with Crippen LogP contribution >= 0.6 is 0 Å². The van der Waals surface area contributed by atoms with Crippen LogP contribution in [0.5, 0.6) is 0 Å². The summed E-state index contributed by atoms with van der Waals surface area (Å²) in [5.74, 6) is 1.47. The fraction of sp³-hybridized carbons (Fsp3) is 0.727. The van der Waals surface area contributed by atoms with Crippen LogP contribution in [0.3, 0.4) is 0 Å². The second kappa shape index (κ2) is 5.77. The minimum absolute atomic E-state index is 0.393. The van der Waals surface area contributed by atoms with Gasteiger partial charge in [0.25, 0.3) is 0 Å². The van der Waals surface area contributed by atoms with Gasteiger partial charge in [-0.1, -0.05) is 6.92 Å². The van der Waals surface area contributed by atoms with Crippen LogP contribution in [-0.4, -0.2) is 47.5 Å². The Balaban J connectivity index is 2.05. The van der Waals surface area contributed by atoms with E-state index in [0.717, 1.165) is 38.5 Å². The average Bonchev–Trinajstić information content (AvgIpc) is 2.40. The van der Waals surface area contributed by atoms with E-state index in [0.29, 0.717) is 12.0 Å². The van der Waals surface area contributed by atoms with Gasteiger partial charge in [-0.3, -0.25) is 0 Å². The van der Waals surface area contributed by atoms with Crippen molar-refractivity contribution in [3.05, 3.63) is 6.20 Å². The average molecular weight is 237 g/mol. The SMILES string of the molecule is CCC(C)Nc1cnnc(N2CCOCC2)n1. The first-order valence-corrected chi connectivity index (χ1v) is 6.08. The van der Waals surface area contributed by atoms with Gasteiger partial charge in [0.15, 0.2) is 5.82 Å². The first-order valence-electron chi connectivity index (χ1n) is 6.08. The summed E-state index contributed by atoms with van der Waals surface area (Å²) >= 11 is 0. The Hall–Kier alpha value is -1.43. The van der Waals surface area contributed by atoms with Crippen molar-refractivity contribution in [2.75, 3.05) is 36.5 Å². The lowest BCUT2D eigenvalue weighted by Gasteiger charge is -2.26. The van der Waals surface area contributed by atoms with E-state index in [4.69, 9.17) is 4.74 Å². The normalized spacial score (nSPS) is 17.9. The second-order valence-electron chi connectivity index (χ2n) is 4.19. The summed E-state index contributed by atoms with van der Waals surface area (Å²) in [5, 5.41) is 11.4. The van der Waals surface area contributed by atoms with Gasteiger partial charge in [-0.05, 0) is 13.3 Å². The van der Waals surface area contributed by atoms with Crippen LogP contribution in [0.15, 0.2) is 6.20 Å². The first kappa shape index (κ1) is 12.0. The predicted molar refractivity (Wildman–Crippen MR) is 66.2 cm³/mol. The van der Waals surface area contributed by atoms with Crippen LogP contribution in [0.2, 0.25) is 0 Å². The van der Waals surface area contributed by atoms with Gasteiger partial charge in [0.1, 0.15) is 0 Å². The zero-order valence-electron chi connectivity index (χ0n) is 10.4. The lowest BCUT2D eigenvalue weighted by Crippen LogP contribution is -2.37. The highest BCUT2D eigenvalue weighted by atomic mass is 16.5. The molecule has 1 aliphatic heterocycles. The van der Waals surface area contributed by atoms with E-state index in [1.165, 1.54) is 0 Å². The molecular weight excluding hydrogens is 218 g/mol. The zero-order chi connectivity index (χ0) is 12.1. The fourth-order valence-electron chi connectivity index (χ4n) is 1.62. The molecule has 6 heteroatoms. The minimum Gasteiger partial charge on any atom is -0.378 e. The van der Waals surface area contributed by atoms with Gasteiger partial charge < -0.3 is 15.0 Å². The third kappa shape index (κ3) is 3.26. The topological polar surface area (TPSA) is 63.2 Å². The molecule has 1 fully saturated rings. The quantitative estimate of drug-likeness (QED) is 0.840. The smallest absolute Gasteiger partial charge is 0.247 e. The van der Waals surface area contributed by atoms with E-state index in [9.17, 15) is 0 Å². The number of ether oxygens (including phenoxy) is 1. The van der Waals surface area contributed by atoms with Crippen molar-refractivity contribution < 1.29 is 4.74 Å². The maximum absolute atomic E-state index is 5.30. The number of nitrogens with one attached hydrogen (secondary N) is 1. The van der Waals surface area contributed by atoms with Gasteiger partial charge in [-0.25, -0.2) is 0 Å². The van der Waals surface area contributed by atoms with Gasteiger partial charge in [0, 0.05) is 19.1 Å². The van der Waals surface area contributed by atoms with Crippen LogP contribution in [-0.2, 0) is 4.74 Å². The van der Waals surface area contributed by atoms with Crippen LogP contribution < -0.4 is 10.2 Å². The zero-order valence-corrected chi connectivity index (χ0v) is 10.4. The third-order valence-corrected chi connectivity index (χ3v) is 2.85. The Morgan fingerprint density at radius 1 is 1.47 bits per heavy atom. The monoisotopic (exact) mass is 237 g/mol. The van der Waals surface area contributed by atoms with Crippen LogP contribution in [0.1, 0.15) is 20.3 Å². The van der Waals surface area contributed by atoms with E-state index in [-0.39, 0.29) is 0 Å². The molecule has 2 rings (SSSR count). The first-order chi connectivity index (χ1) is 8.29. The number of rotatable bonds is 4. The third-order valence-electron chi connectivity index (χ3n) is 2.85. The Morgan fingerprint density at radius 2 is 2.24 bits per heavy atom. The summed E-state index contributed by atoms with van der Waals surface area (Å²) in [6.45, 7) is 7.37. The molecule has 1 unspecified atom stereocenters. The van der Waals surface area contributed by atoms with Gasteiger partial charge >= 0.3 is 0 Å². The number of nitrogens with zero attached hydrogens (tertiary/aromatic N) is 4. The number of hydrogen-bond acceptors (Lipinski definition) is 6. The molecule has 6 nitrogen and oxygen atoms in total. The highest BCUT2D eigenvalue weighted by Gasteiger charge is 2.14. The molecule has 0 amide bonds. The molecule has 0 aliphatic carbocycles. The van der Waals surface area contributed by atoms with Crippen molar-refractivity contribution in [1.29, 1.82) is 0 Å². The largest absolute Gasteiger partial charge is 0.378 e. The minimum atomic E-state index is 0.393. The van der Waals surface area contributed by atoms with Gasteiger partial charge in [-0.15, -0.1) is 5.10 Å². The fourth-order valence-corrected chi connectivity index (χ4v) is 1.62. The molecule has 1 aromatic rings. The van der Waals surface area contributed by atoms with Crippen LogP contribution in [0.4, 0.5) is 11.8 Å². The second-order valence-corrected chi connectivity index (χ2v) is 4.19. The maximum atomic E-state index is 5.30. The van der Waals surface area contributed by atoms with Crippen molar-refractivity contribution in [1.82, 2.24) is 15.2 Å². The Labute approximate surface area is 101 Å². The standard InChI is InChI=1S/C11H19N5O/c1-3-9(2)13-10-8-12-15-11(14-10)16-4-6-17-7-5-16/h8-9H,3-7H2,1-2H3,(H,13,14,15). The highest BCUT2D eigenvalue weighted by molar-refractivity contribution is 5.39. The van der Waals surface area contributed by atoms with E-state index >= 15 is 0 Å². The molecule has 0 spiro atoms. The summed E-state index contributed by atoms with van der Waals surface area (Å²) in [6, 6.07) is 0.393. The lowest BCUT2D eigenvalue weighted by atomic mass is 10.3. The van der Waals surface area contributed by atoms with E-state index in [2.05, 4.69) is 39.2 Å². The van der Waals surface area contributed by atoms with Crippen molar-refractivity contribution in [2.45, 2.75) is 26.3 Å². The molecule has 1 aliphatic rings. The van der Waals surface area contributed by atoms with Crippen LogP contribution in [0, 0.1) is 0 Å². The molecule has 17 heavy (non-hydrogen) atoms. The molecule has 1 saturated heterocycles. The number of hydrogen-bond donors (Lipinski definition) is 1. The molecule has 0 radical (unpaired) electrons. The number of morpholine rings is 1. The molecule has 0 aromatic carbocycles. The van der Waals surface area contributed by atoms with Crippen molar-refractivity contribution in [2.24, 2.45) is 0 Å². The van der Waals surface area contributed by atoms with E-state index in [1.54, 1.807) is 6.20 Å². The predicted octanol–water partition coefficient (Wildman–Crippen LogP) is 0.919. The summed E-state index contributed by atoms with van der Waals surface area (Å²) < 4.78 is 5.30. The molecule has 2 heterocycles. The summed E-state index contributed by atoms with van der Waals surface area (Å²) in [7, 11) is 0. The molecular formula is C11H19N5O. The summed E-state index contributed by atoms with van der Waals surface area (Å²) in [6.07, 6.45) is 2.72. The van der Waals surface area contributed by atoms with Crippen molar-refractivity contribution in [3.63, 3.8) is 0 Å². The Kier molecular flexibility index (Phi) is 4.08. The van der Waals surface area contributed by atoms with E-state index < -0.39 is 0 Å². The Morgan fingerprint density at radius 3 is 2.94 bits per heavy atom. The van der Waals surface area contributed by atoms with E-state index in [1.807, 2.05) is 0 Å². The Bertz CT molecular complexity index is 353. The number of anilines is 2. The molecule has 1 atom stereocenters. The molecule has 0 bridgehead atoms.